The Morgan fingerprint density at radius 1 is 1.85 bits per heavy atom. The van der Waals surface area contributed by atoms with Crippen molar-refractivity contribution in [2.24, 2.45) is 5.10 Å². The summed E-state index contributed by atoms with van der Waals surface area (Å²) < 4.78 is 1.41. The second-order valence-corrected chi connectivity index (χ2v) is 2.62. The molecule has 0 atom stereocenters. The van der Waals surface area contributed by atoms with Crippen molar-refractivity contribution in [3.63, 3.8) is 0 Å². The van der Waals surface area contributed by atoms with Gasteiger partial charge in [0.1, 0.15) is 12.4 Å². The Bertz CT molecular complexity index is 368. The van der Waals surface area contributed by atoms with Crippen LogP contribution in [0.1, 0.15) is 26.0 Å². The van der Waals surface area contributed by atoms with Crippen LogP contribution in [0.5, 0.6) is 0 Å². The van der Waals surface area contributed by atoms with E-state index in [4.69, 9.17) is 11.0 Å². The van der Waals surface area contributed by atoms with E-state index in [2.05, 4.69) is 10.1 Å². The summed E-state index contributed by atoms with van der Waals surface area (Å²) in [4.78, 5) is 3.79. The first-order chi connectivity index (χ1) is 6.19. The zero-order valence-electron chi connectivity index (χ0n) is 7.65. The summed E-state index contributed by atoms with van der Waals surface area (Å²) in [5.41, 5.74) is 6.74. The first-order valence-corrected chi connectivity index (χ1v) is 3.96. The molecule has 0 unspecified atom stereocenters. The van der Waals surface area contributed by atoms with Crippen LogP contribution in [0.2, 0.25) is 0 Å². The highest BCUT2D eigenvalue weighted by molar-refractivity contribution is 5.81. The molecular formula is C8H11N5. The lowest BCUT2D eigenvalue weighted by Gasteiger charge is -1.97. The van der Waals surface area contributed by atoms with Gasteiger partial charge >= 0.3 is 0 Å². The summed E-state index contributed by atoms with van der Waals surface area (Å²) in [6, 6.07) is 1.88. The molecule has 0 fully saturated rings. The maximum atomic E-state index is 8.57. The number of hydrogen-bond donors (Lipinski definition) is 1. The van der Waals surface area contributed by atoms with E-state index >= 15 is 0 Å². The maximum absolute atomic E-state index is 8.57. The van der Waals surface area contributed by atoms with Gasteiger partial charge in [-0.1, -0.05) is 6.92 Å². The van der Waals surface area contributed by atoms with Crippen molar-refractivity contribution in [3.05, 3.63) is 12.0 Å². The molecule has 1 heterocycles. The van der Waals surface area contributed by atoms with Crippen LogP contribution >= 0.6 is 0 Å². The zero-order valence-corrected chi connectivity index (χ0v) is 7.65. The Morgan fingerprint density at radius 2 is 2.54 bits per heavy atom. The molecule has 5 nitrogen and oxygen atoms in total. The van der Waals surface area contributed by atoms with Crippen molar-refractivity contribution in [3.8, 4) is 6.07 Å². The predicted octanol–water partition coefficient (Wildman–Crippen LogP) is 0.971. The number of imidazole rings is 1. The van der Waals surface area contributed by atoms with Crippen LogP contribution in [-0.4, -0.2) is 15.4 Å². The highest BCUT2D eigenvalue weighted by Gasteiger charge is 2.04. The number of nitriles is 1. The molecule has 0 bridgehead atoms. The first kappa shape index (κ1) is 9.26. The average Bonchev–Trinajstić information content (AvgIpc) is 2.48. The Morgan fingerprint density at radius 3 is 3.00 bits per heavy atom. The van der Waals surface area contributed by atoms with Gasteiger partial charge in [0.05, 0.1) is 0 Å². The van der Waals surface area contributed by atoms with Gasteiger partial charge in [-0.2, -0.15) is 10.4 Å². The number of aromatic nitrogens is 2. The molecule has 1 aromatic rings. The van der Waals surface area contributed by atoms with E-state index in [1.807, 2.05) is 19.9 Å². The molecular weight excluding hydrogens is 166 g/mol. The summed E-state index contributed by atoms with van der Waals surface area (Å²) in [6.07, 6.45) is 2.28. The first-order valence-electron chi connectivity index (χ1n) is 3.96. The average molecular weight is 177 g/mol. The molecule has 5 heteroatoms. The molecule has 2 N–H and O–H groups in total. The van der Waals surface area contributed by atoms with Crippen LogP contribution in [0.15, 0.2) is 11.4 Å². The minimum absolute atomic E-state index is 0.215. The molecule has 0 aliphatic heterocycles. The Kier molecular flexibility index (Phi) is 2.65. The predicted molar refractivity (Wildman–Crippen MR) is 50.2 cm³/mol. The van der Waals surface area contributed by atoms with Crippen molar-refractivity contribution in [2.45, 2.75) is 20.3 Å². The van der Waals surface area contributed by atoms with Gasteiger partial charge in [0.25, 0.3) is 0 Å². The van der Waals surface area contributed by atoms with Crippen molar-refractivity contribution < 1.29 is 0 Å². The van der Waals surface area contributed by atoms with Crippen LogP contribution in [0.4, 0.5) is 5.82 Å². The summed E-state index contributed by atoms with van der Waals surface area (Å²) in [5.74, 6) is 0.287. The largest absolute Gasteiger partial charge is 0.381 e. The van der Waals surface area contributed by atoms with E-state index in [0.29, 0.717) is 0 Å². The molecule has 13 heavy (non-hydrogen) atoms. The lowest BCUT2D eigenvalue weighted by Crippen LogP contribution is -2.00. The fourth-order valence-electron chi connectivity index (χ4n) is 0.770. The smallest absolute Gasteiger partial charge is 0.184 e. The van der Waals surface area contributed by atoms with E-state index < -0.39 is 0 Å². The summed E-state index contributed by atoms with van der Waals surface area (Å²) >= 11 is 0. The van der Waals surface area contributed by atoms with Crippen LogP contribution < -0.4 is 5.73 Å². The molecule has 0 saturated carbocycles. The van der Waals surface area contributed by atoms with Gasteiger partial charge in [0.15, 0.2) is 11.5 Å². The molecule has 0 aliphatic rings. The fraction of sp³-hybridized carbons (Fsp3) is 0.375. The highest BCUT2D eigenvalue weighted by atomic mass is 15.4. The van der Waals surface area contributed by atoms with Gasteiger partial charge in [-0.15, -0.1) is 0 Å². The van der Waals surface area contributed by atoms with Gasteiger partial charge in [0.2, 0.25) is 0 Å². The molecule has 1 aromatic heterocycles. The van der Waals surface area contributed by atoms with E-state index in [0.717, 1.165) is 12.1 Å². The normalized spacial score (nSPS) is 11.3. The molecule has 0 radical (unpaired) electrons. The van der Waals surface area contributed by atoms with E-state index in [1.54, 1.807) is 0 Å². The minimum Gasteiger partial charge on any atom is -0.381 e. The molecule has 0 aromatic carbocycles. The summed E-state index contributed by atoms with van der Waals surface area (Å²) in [7, 11) is 0. The lowest BCUT2D eigenvalue weighted by atomic mass is 10.3. The third kappa shape index (κ3) is 1.85. The minimum atomic E-state index is 0.215. The second-order valence-electron chi connectivity index (χ2n) is 2.62. The Balaban J connectivity index is 3.05. The molecule has 1 rings (SSSR count). The van der Waals surface area contributed by atoms with E-state index in [-0.39, 0.29) is 11.5 Å². The van der Waals surface area contributed by atoms with Gasteiger partial charge in [0, 0.05) is 5.71 Å². The number of nitrogens with zero attached hydrogens (tertiary/aromatic N) is 4. The highest BCUT2D eigenvalue weighted by Crippen LogP contribution is 2.08. The number of rotatable bonds is 2. The van der Waals surface area contributed by atoms with Crippen LogP contribution in [-0.2, 0) is 0 Å². The van der Waals surface area contributed by atoms with Crippen LogP contribution in [0.25, 0.3) is 0 Å². The fourth-order valence-corrected chi connectivity index (χ4v) is 0.770. The molecule has 0 amide bonds. The van der Waals surface area contributed by atoms with Gasteiger partial charge in [-0.3, -0.25) is 0 Å². The monoisotopic (exact) mass is 177 g/mol. The number of anilines is 1. The number of hydrogen-bond acceptors (Lipinski definition) is 4. The van der Waals surface area contributed by atoms with Crippen molar-refractivity contribution >= 4 is 11.5 Å². The Labute approximate surface area is 76.5 Å². The third-order valence-corrected chi connectivity index (χ3v) is 1.68. The number of nitrogens with two attached hydrogens (primary N) is 1. The lowest BCUT2D eigenvalue weighted by molar-refractivity contribution is 0.876. The number of nitrogen functional groups attached to an aromatic ring is 1. The zero-order chi connectivity index (χ0) is 9.84. The van der Waals surface area contributed by atoms with Crippen LogP contribution in [0, 0.1) is 11.3 Å². The molecule has 0 saturated heterocycles. The molecule has 0 spiro atoms. The van der Waals surface area contributed by atoms with Gasteiger partial charge in [-0.05, 0) is 13.3 Å². The standard InChI is InChI=1S/C8H11N5/c1-3-6(2)12-13-5-11-7(4-9)8(13)10/h5H,3,10H2,1-2H3/b12-6-. The van der Waals surface area contributed by atoms with Gasteiger partial charge < -0.3 is 5.73 Å². The topological polar surface area (TPSA) is 80.0 Å². The molecule has 0 aliphatic carbocycles. The third-order valence-electron chi connectivity index (χ3n) is 1.68. The van der Waals surface area contributed by atoms with E-state index in [9.17, 15) is 0 Å². The Hall–Kier alpha value is -1.83. The summed E-state index contributed by atoms with van der Waals surface area (Å²) in [6.45, 7) is 3.89. The quantitative estimate of drug-likeness (QED) is 0.683. The van der Waals surface area contributed by atoms with Crippen LogP contribution in [0.3, 0.4) is 0 Å². The van der Waals surface area contributed by atoms with Crippen molar-refractivity contribution in [1.29, 1.82) is 5.26 Å². The SMILES string of the molecule is CC/C(C)=N\n1cnc(C#N)c1N. The second kappa shape index (κ2) is 3.72. The van der Waals surface area contributed by atoms with E-state index in [1.165, 1.54) is 11.0 Å². The van der Waals surface area contributed by atoms with Crippen molar-refractivity contribution in [1.82, 2.24) is 9.66 Å². The molecule has 68 valence electrons. The van der Waals surface area contributed by atoms with Gasteiger partial charge in [-0.25, -0.2) is 9.66 Å². The summed E-state index contributed by atoms with van der Waals surface area (Å²) in [5, 5.41) is 12.7. The maximum Gasteiger partial charge on any atom is 0.184 e. The van der Waals surface area contributed by atoms with Crippen molar-refractivity contribution in [2.75, 3.05) is 5.73 Å².